The summed E-state index contributed by atoms with van der Waals surface area (Å²) in [4.78, 5) is 11.3. The predicted octanol–water partition coefficient (Wildman–Crippen LogP) is 5.04. The van der Waals surface area contributed by atoms with Gasteiger partial charge in [-0.15, -0.1) is 0 Å². The van der Waals surface area contributed by atoms with E-state index in [1.165, 1.54) is 11.1 Å². The van der Waals surface area contributed by atoms with Crippen molar-refractivity contribution >= 4 is 5.97 Å². The van der Waals surface area contributed by atoms with E-state index in [-0.39, 0.29) is 17.6 Å². The first-order valence-electron chi connectivity index (χ1n) is 8.73. The van der Waals surface area contributed by atoms with E-state index in [9.17, 15) is 9.90 Å². The van der Waals surface area contributed by atoms with Gasteiger partial charge in [-0.25, -0.2) is 4.79 Å². The monoisotopic (exact) mass is 318 g/mol. The van der Waals surface area contributed by atoms with Crippen molar-refractivity contribution in [2.24, 2.45) is 5.92 Å². The average molecular weight is 318 g/mol. The molecule has 0 unspecified atom stereocenters. The number of hydrogen-bond donors (Lipinski definition) is 1. The number of allylic oxidation sites excluding steroid dienone is 4. The Hall–Kier alpha value is -1.35. The minimum Gasteiger partial charge on any atom is -0.478 e. The number of ether oxygens (including phenoxy) is 1. The van der Waals surface area contributed by atoms with Gasteiger partial charge in [-0.05, 0) is 71.6 Å². The molecule has 0 amide bonds. The summed E-state index contributed by atoms with van der Waals surface area (Å²) in [5.74, 6) is -0.874. The third-order valence-electron chi connectivity index (χ3n) is 5.35. The van der Waals surface area contributed by atoms with E-state index in [4.69, 9.17) is 4.74 Å². The van der Waals surface area contributed by atoms with Gasteiger partial charge < -0.3 is 9.84 Å². The summed E-state index contributed by atoms with van der Waals surface area (Å²) in [6.07, 6.45) is 11.6. The van der Waals surface area contributed by atoms with Gasteiger partial charge >= 0.3 is 5.97 Å². The number of carboxylic acids is 1. The lowest BCUT2D eigenvalue weighted by Crippen LogP contribution is -2.18. The van der Waals surface area contributed by atoms with Gasteiger partial charge in [-0.3, -0.25) is 0 Å². The molecule has 1 aliphatic heterocycles. The molecule has 3 atom stereocenters. The van der Waals surface area contributed by atoms with Crippen LogP contribution in [0.25, 0.3) is 0 Å². The Bertz CT molecular complexity index is 529. The van der Waals surface area contributed by atoms with E-state index in [0.29, 0.717) is 5.57 Å². The van der Waals surface area contributed by atoms with Crippen LogP contribution in [0.15, 0.2) is 35.5 Å². The zero-order valence-electron chi connectivity index (χ0n) is 14.7. The second-order valence-electron chi connectivity index (χ2n) is 7.40. The number of fused-ring (bicyclic) bond motifs is 1. The lowest BCUT2D eigenvalue weighted by molar-refractivity contribution is -0.133. The minimum absolute atomic E-state index is 0.00268. The third-order valence-corrected chi connectivity index (χ3v) is 5.35. The molecule has 2 rings (SSSR count). The van der Waals surface area contributed by atoms with Crippen LogP contribution < -0.4 is 0 Å². The van der Waals surface area contributed by atoms with E-state index in [2.05, 4.69) is 39.5 Å². The lowest BCUT2D eigenvalue weighted by atomic mass is 9.85. The summed E-state index contributed by atoms with van der Waals surface area (Å²) in [6, 6.07) is 0. The molecule has 1 N–H and O–H groups in total. The second kappa shape index (κ2) is 7.48. The van der Waals surface area contributed by atoms with Crippen LogP contribution in [0.4, 0.5) is 0 Å². The van der Waals surface area contributed by atoms with Crippen molar-refractivity contribution in [1.29, 1.82) is 0 Å². The second-order valence-corrected chi connectivity index (χ2v) is 7.40. The quantitative estimate of drug-likeness (QED) is 0.441. The van der Waals surface area contributed by atoms with Gasteiger partial charge in [0.05, 0.1) is 11.7 Å². The van der Waals surface area contributed by atoms with Crippen LogP contribution in [0.5, 0.6) is 0 Å². The third kappa shape index (κ3) is 5.07. The summed E-state index contributed by atoms with van der Waals surface area (Å²) in [5.41, 5.74) is 3.04. The summed E-state index contributed by atoms with van der Waals surface area (Å²) in [6.45, 7) is 10.3. The Kier molecular flexibility index (Phi) is 5.85. The highest BCUT2D eigenvalue weighted by molar-refractivity contribution is 5.86. The molecule has 1 saturated heterocycles. The number of aliphatic carboxylic acids is 1. The Balaban J connectivity index is 2.10. The summed E-state index contributed by atoms with van der Waals surface area (Å²) in [7, 11) is 0. The van der Waals surface area contributed by atoms with E-state index >= 15 is 0 Å². The van der Waals surface area contributed by atoms with Crippen molar-refractivity contribution < 1.29 is 14.6 Å². The smallest absolute Gasteiger partial charge is 0.331 e. The maximum Gasteiger partial charge on any atom is 0.331 e. The molecular formula is C20H30O3. The first kappa shape index (κ1) is 18.0. The highest BCUT2D eigenvalue weighted by Crippen LogP contribution is 2.45. The maximum absolute atomic E-state index is 11.3. The SMILES string of the molecule is C=C(C(=O)O)[C@H]1CC/C(C)=C/CC/C(C)=C/CC[C@@]2(C)O[C@@H]2C1. The number of epoxide rings is 1. The molecule has 2 aliphatic rings. The normalized spacial score (nSPS) is 37.3. The van der Waals surface area contributed by atoms with E-state index < -0.39 is 5.97 Å². The van der Waals surface area contributed by atoms with Crippen molar-refractivity contribution in [3.63, 3.8) is 0 Å². The molecule has 23 heavy (non-hydrogen) atoms. The van der Waals surface area contributed by atoms with Crippen molar-refractivity contribution in [3.05, 3.63) is 35.5 Å². The van der Waals surface area contributed by atoms with E-state index in [1.807, 2.05) is 0 Å². The van der Waals surface area contributed by atoms with Crippen LogP contribution in [0.2, 0.25) is 0 Å². The van der Waals surface area contributed by atoms with Crippen molar-refractivity contribution in [1.82, 2.24) is 0 Å². The van der Waals surface area contributed by atoms with Gasteiger partial charge in [0.25, 0.3) is 0 Å². The van der Waals surface area contributed by atoms with Gasteiger partial charge in [0, 0.05) is 5.57 Å². The molecule has 3 heteroatoms. The fourth-order valence-electron chi connectivity index (χ4n) is 3.43. The molecule has 0 radical (unpaired) electrons. The summed E-state index contributed by atoms with van der Waals surface area (Å²) >= 11 is 0. The summed E-state index contributed by atoms with van der Waals surface area (Å²) in [5, 5.41) is 9.30. The van der Waals surface area contributed by atoms with Crippen LogP contribution >= 0.6 is 0 Å². The molecule has 3 nitrogen and oxygen atoms in total. The van der Waals surface area contributed by atoms with Crippen molar-refractivity contribution in [2.75, 3.05) is 0 Å². The topological polar surface area (TPSA) is 49.8 Å². The number of carboxylic acid groups (broad SMARTS) is 1. The van der Waals surface area contributed by atoms with Crippen LogP contribution in [-0.2, 0) is 9.53 Å². The van der Waals surface area contributed by atoms with E-state index in [1.54, 1.807) is 0 Å². The highest BCUT2D eigenvalue weighted by atomic mass is 16.6. The number of carbonyl (C=O) groups is 1. The zero-order valence-corrected chi connectivity index (χ0v) is 14.7. The summed E-state index contributed by atoms with van der Waals surface area (Å²) < 4.78 is 5.92. The molecule has 0 saturated carbocycles. The van der Waals surface area contributed by atoms with Gasteiger partial charge in [0.1, 0.15) is 0 Å². The Morgan fingerprint density at radius 3 is 2.61 bits per heavy atom. The standard InChI is InChI=1S/C20H30O3/c1-14-7-5-8-15(2)10-11-17(16(3)19(21)22)13-18-20(4,23-18)12-6-9-14/h8-9,17-18H,3,5-7,10-13H2,1-2,4H3,(H,21,22)/b14-9+,15-8+/t17-,18+,20+/m0/s1. The van der Waals surface area contributed by atoms with Gasteiger partial charge in [0.2, 0.25) is 0 Å². The fourth-order valence-corrected chi connectivity index (χ4v) is 3.43. The molecule has 0 aromatic heterocycles. The van der Waals surface area contributed by atoms with Crippen LogP contribution in [0, 0.1) is 5.92 Å². The maximum atomic E-state index is 11.3. The first-order chi connectivity index (χ1) is 10.8. The zero-order chi connectivity index (χ0) is 17.0. The Morgan fingerprint density at radius 2 is 1.91 bits per heavy atom. The van der Waals surface area contributed by atoms with Gasteiger partial charge in [-0.1, -0.05) is 29.9 Å². The fraction of sp³-hybridized carbons (Fsp3) is 0.650. The molecule has 0 aromatic rings. The molecular weight excluding hydrogens is 288 g/mol. The van der Waals surface area contributed by atoms with Crippen molar-refractivity contribution in [2.45, 2.75) is 77.4 Å². The molecule has 0 bridgehead atoms. The molecule has 0 aromatic carbocycles. The molecule has 1 heterocycles. The van der Waals surface area contributed by atoms with E-state index in [0.717, 1.165) is 44.9 Å². The molecule has 0 spiro atoms. The lowest BCUT2D eigenvalue weighted by Gasteiger charge is -2.17. The first-order valence-corrected chi connectivity index (χ1v) is 8.73. The van der Waals surface area contributed by atoms with Crippen molar-refractivity contribution in [3.8, 4) is 0 Å². The highest BCUT2D eigenvalue weighted by Gasteiger charge is 2.52. The average Bonchev–Trinajstić information content (AvgIpc) is 3.11. The van der Waals surface area contributed by atoms with Crippen LogP contribution in [-0.4, -0.2) is 22.8 Å². The van der Waals surface area contributed by atoms with Crippen LogP contribution in [0.1, 0.15) is 65.7 Å². The number of rotatable bonds is 2. The predicted molar refractivity (Wildman–Crippen MR) is 93.4 cm³/mol. The number of hydrogen-bond acceptors (Lipinski definition) is 2. The van der Waals surface area contributed by atoms with Gasteiger partial charge in [0.15, 0.2) is 0 Å². The molecule has 128 valence electrons. The van der Waals surface area contributed by atoms with Crippen LogP contribution in [0.3, 0.4) is 0 Å². The largest absolute Gasteiger partial charge is 0.478 e. The minimum atomic E-state index is -0.876. The Morgan fingerprint density at radius 1 is 1.26 bits per heavy atom. The molecule has 1 aliphatic carbocycles. The Labute approximate surface area is 140 Å². The molecule has 1 fully saturated rings. The van der Waals surface area contributed by atoms with Gasteiger partial charge in [-0.2, -0.15) is 0 Å².